The summed E-state index contributed by atoms with van der Waals surface area (Å²) < 4.78 is 13.5. The van der Waals surface area contributed by atoms with Crippen LogP contribution in [0.15, 0.2) is 41.0 Å². The van der Waals surface area contributed by atoms with E-state index in [0.29, 0.717) is 21.7 Å². The molecule has 0 aliphatic carbocycles. The third-order valence-electron chi connectivity index (χ3n) is 2.18. The number of hydrogen-bond donors (Lipinski definition) is 3. The minimum atomic E-state index is -0.524. The summed E-state index contributed by atoms with van der Waals surface area (Å²) in [4.78, 5) is 15.7. The van der Waals surface area contributed by atoms with Crippen LogP contribution in [0.5, 0.6) is 0 Å². The molecule has 7 heteroatoms. The van der Waals surface area contributed by atoms with Gasteiger partial charge < -0.3 is 11.1 Å². The molecule has 1 heterocycles. The van der Waals surface area contributed by atoms with Gasteiger partial charge in [0.2, 0.25) is 0 Å². The maximum Gasteiger partial charge on any atom is 0.324 e. The number of halogens is 2. The van der Waals surface area contributed by atoms with Crippen LogP contribution in [0.2, 0.25) is 0 Å². The van der Waals surface area contributed by atoms with Crippen molar-refractivity contribution >= 4 is 39.2 Å². The predicted octanol–water partition coefficient (Wildman–Crippen LogP) is 3.21. The molecule has 19 heavy (non-hydrogen) atoms. The van der Waals surface area contributed by atoms with Crippen LogP contribution < -0.4 is 16.4 Å². The van der Waals surface area contributed by atoms with Crippen molar-refractivity contribution in [3.8, 4) is 0 Å². The van der Waals surface area contributed by atoms with Crippen LogP contribution in [0.25, 0.3) is 0 Å². The summed E-state index contributed by atoms with van der Waals surface area (Å²) in [5.74, 6) is -0.104. The Bertz CT molecular complexity index is 620. The highest BCUT2D eigenvalue weighted by Crippen LogP contribution is 2.21. The van der Waals surface area contributed by atoms with Crippen molar-refractivity contribution < 1.29 is 9.18 Å². The zero-order chi connectivity index (χ0) is 13.8. The highest BCUT2D eigenvalue weighted by Gasteiger charge is 2.07. The molecule has 2 amide bonds. The van der Waals surface area contributed by atoms with Crippen LogP contribution in [-0.2, 0) is 0 Å². The van der Waals surface area contributed by atoms with Crippen molar-refractivity contribution in [2.75, 3.05) is 16.4 Å². The number of nitrogens with one attached hydrogen (secondary N) is 2. The fraction of sp³-hybridized carbons (Fsp3) is 0. The summed E-state index contributed by atoms with van der Waals surface area (Å²) >= 11 is 3.23. The van der Waals surface area contributed by atoms with E-state index in [4.69, 9.17) is 5.73 Å². The number of aromatic nitrogens is 1. The van der Waals surface area contributed by atoms with Gasteiger partial charge in [0.05, 0.1) is 16.4 Å². The number of amides is 2. The molecule has 0 spiro atoms. The summed E-state index contributed by atoms with van der Waals surface area (Å²) in [5, 5.41) is 5.01. The zero-order valence-corrected chi connectivity index (χ0v) is 11.2. The Hall–Kier alpha value is -2.15. The lowest BCUT2D eigenvalue weighted by atomic mass is 10.3. The second-order valence-electron chi connectivity index (χ2n) is 3.69. The number of anilines is 3. The van der Waals surface area contributed by atoms with E-state index in [1.807, 2.05) is 0 Å². The van der Waals surface area contributed by atoms with Crippen molar-refractivity contribution in [1.82, 2.24) is 4.98 Å². The third kappa shape index (κ3) is 3.65. The number of benzene rings is 1. The Balaban J connectivity index is 2.05. The van der Waals surface area contributed by atoms with Crippen LogP contribution in [0.4, 0.5) is 26.4 Å². The predicted molar refractivity (Wildman–Crippen MR) is 75.4 cm³/mol. The van der Waals surface area contributed by atoms with E-state index in [2.05, 4.69) is 31.5 Å². The first-order valence-corrected chi connectivity index (χ1v) is 6.08. The lowest BCUT2D eigenvalue weighted by Crippen LogP contribution is -2.20. The van der Waals surface area contributed by atoms with E-state index >= 15 is 0 Å². The molecule has 0 aliphatic heterocycles. The van der Waals surface area contributed by atoms with Crippen molar-refractivity contribution in [2.45, 2.75) is 0 Å². The van der Waals surface area contributed by atoms with E-state index in [-0.39, 0.29) is 0 Å². The molecule has 2 rings (SSSR count). The van der Waals surface area contributed by atoms with Crippen LogP contribution in [-0.4, -0.2) is 11.0 Å². The molecular formula is C12H10BrFN4O. The number of hydrogen-bond acceptors (Lipinski definition) is 3. The quantitative estimate of drug-likeness (QED) is 0.793. The van der Waals surface area contributed by atoms with Gasteiger partial charge in [-0.25, -0.2) is 14.2 Å². The van der Waals surface area contributed by atoms with E-state index in [9.17, 15) is 9.18 Å². The van der Waals surface area contributed by atoms with E-state index < -0.39 is 11.8 Å². The average Bonchev–Trinajstić information content (AvgIpc) is 2.33. The van der Waals surface area contributed by atoms with Crippen molar-refractivity contribution in [3.63, 3.8) is 0 Å². The van der Waals surface area contributed by atoms with Crippen LogP contribution in [0.1, 0.15) is 0 Å². The summed E-state index contributed by atoms with van der Waals surface area (Å²) in [5.41, 5.74) is 6.36. The first kappa shape index (κ1) is 13.3. The SMILES string of the molecule is Nc1cnc(NC(=O)Nc2cccc(F)c2)c(Br)c1. The molecule has 0 unspecified atom stereocenters. The summed E-state index contributed by atoms with van der Waals surface area (Å²) in [6, 6.07) is 6.68. The van der Waals surface area contributed by atoms with Gasteiger partial charge in [-0.05, 0) is 40.2 Å². The first-order chi connectivity index (χ1) is 9.04. The highest BCUT2D eigenvalue weighted by atomic mass is 79.9. The van der Waals surface area contributed by atoms with Crippen molar-refractivity contribution in [2.24, 2.45) is 0 Å². The maximum atomic E-state index is 12.9. The normalized spacial score (nSPS) is 10.0. The number of urea groups is 1. The second kappa shape index (κ2) is 5.66. The molecule has 5 nitrogen and oxygen atoms in total. The molecule has 0 saturated carbocycles. The fourth-order valence-corrected chi connectivity index (χ4v) is 1.85. The highest BCUT2D eigenvalue weighted by molar-refractivity contribution is 9.10. The number of carbonyl (C=O) groups excluding carboxylic acids is 1. The Morgan fingerprint density at radius 1 is 1.32 bits per heavy atom. The Morgan fingerprint density at radius 2 is 2.11 bits per heavy atom. The van der Waals surface area contributed by atoms with Gasteiger partial charge in [-0.2, -0.15) is 0 Å². The lowest BCUT2D eigenvalue weighted by molar-refractivity contribution is 0.262. The number of carbonyl (C=O) groups is 1. The Morgan fingerprint density at radius 3 is 2.79 bits per heavy atom. The van der Waals surface area contributed by atoms with Crippen LogP contribution >= 0.6 is 15.9 Å². The van der Waals surface area contributed by atoms with Crippen LogP contribution in [0.3, 0.4) is 0 Å². The van der Waals surface area contributed by atoms with Crippen LogP contribution in [0, 0.1) is 5.82 Å². The Kier molecular flexibility index (Phi) is 3.96. The summed E-state index contributed by atoms with van der Waals surface area (Å²) in [7, 11) is 0. The molecule has 1 aromatic carbocycles. The third-order valence-corrected chi connectivity index (χ3v) is 2.78. The zero-order valence-electron chi connectivity index (χ0n) is 9.65. The van der Waals surface area contributed by atoms with Gasteiger partial charge in [-0.3, -0.25) is 5.32 Å². The molecule has 0 aliphatic rings. The molecule has 0 fully saturated rings. The van der Waals surface area contributed by atoms with E-state index in [0.717, 1.165) is 0 Å². The second-order valence-corrected chi connectivity index (χ2v) is 4.54. The van der Waals surface area contributed by atoms with Gasteiger partial charge in [0.1, 0.15) is 11.6 Å². The minimum absolute atomic E-state index is 0.322. The molecule has 0 bridgehead atoms. The smallest absolute Gasteiger partial charge is 0.324 e. The summed E-state index contributed by atoms with van der Waals surface area (Å²) in [6.45, 7) is 0. The fourth-order valence-electron chi connectivity index (χ4n) is 1.38. The average molecular weight is 325 g/mol. The molecule has 0 radical (unpaired) electrons. The number of rotatable bonds is 2. The van der Waals surface area contributed by atoms with E-state index in [1.54, 1.807) is 12.1 Å². The molecule has 2 aromatic rings. The largest absolute Gasteiger partial charge is 0.397 e. The van der Waals surface area contributed by atoms with Crippen molar-refractivity contribution in [3.05, 3.63) is 46.8 Å². The topological polar surface area (TPSA) is 80.0 Å². The Labute approximate surface area is 117 Å². The van der Waals surface area contributed by atoms with Gasteiger partial charge in [0, 0.05) is 5.69 Å². The van der Waals surface area contributed by atoms with Gasteiger partial charge in [-0.15, -0.1) is 0 Å². The lowest BCUT2D eigenvalue weighted by Gasteiger charge is -2.08. The monoisotopic (exact) mass is 324 g/mol. The molecule has 0 saturated heterocycles. The molecule has 0 atom stereocenters. The number of nitrogen functional groups attached to an aromatic ring is 1. The van der Waals surface area contributed by atoms with Gasteiger partial charge >= 0.3 is 6.03 Å². The number of nitrogens with zero attached hydrogens (tertiary/aromatic N) is 1. The van der Waals surface area contributed by atoms with Gasteiger partial charge in [0.25, 0.3) is 0 Å². The summed E-state index contributed by atoms with van der Waals surface area (Å²) in [6.07, 6.45) is 1.42. The molecule has 4 N–H and O–H groups in total. The molecular weight excluding hydrogens is 315 g/mol. The maximum absolute atomic E-state index is 12.9. The first-order valence-electron chi connectivity index (χ1n) is 5.29. The molecule has 1 aromatic heterocycles. The minimum Gasteiger partial charge on any atom is -0.397 e. The van der Waals surface area contributed by atoms with Crippen molar-refractivity contribution in [1.29, 1.82) is 0 Å². The van der Waals surface area contributed by atoms with Gasteiger partial charge in [-0.1, -0.05) is 6.07 Å². The van der Waals surface area contributed by atoms with E-state index in [1.165, 1.54) is 24.4 Å². The number of nitrogens with two attached hydrogens (primary N) is 1. The van der Waals surface area contributed by atoms with Gasteiger partial charge in [0.15, 0.2) is 0 Å². The molecule has 98 valence electrons. The standard InChI is InChI=1S/C12H10BrFN4O/c13-10-5-8(15)6-16-11(10)18-12(19)17-9-3-1-2-7(14)4-9/h1-6H,15H2,(H2,16,17,18,19). The number of pyridine rings is 1.